The standard InChI is InChI=1S/C11H19N3O2S/c1-3-9(4-5-10(15)16)6-7-12-11-13-8(2)14-17-11/h9H,3-7H2,1-2H3,(H,15,16)(H,12,13,14). The minimum Gasteiger partial charge on any atom is -0.481 e. The van der Waals surface area contributed by atoms with Crippen LogP contribution >= 0.6 is 11.5 Å². The maximum Gasteiger partial charge on any atom is 0.303 e. The SMILES string of the molecule is CCC(CCNc1nc(C)ns1)CCC(=O)O. The van der Waals surface area contributed by atoms with Gasteiger partial charge in [0.1, 0.15) is 5.82 Å². The van der Waals surface area contributed by atoms with Crippen molar-refractivity contribution in [1.82, 2.24) is 9.36 Å². The van der Waals surface area contributed by atoms with Crippen molar-refractivity contribution < 1.29 is 9.90 Å². The molecular formula is C11H19N3O2S. The van der Waals surface area contributed by atoms with E-state index in [0.29, 0.717) is 5.92 Å². The fourth-order valence-electron chi connectivity index (χ4n) is 1.63. The van der Waals surface area contributed by atoms with E-state index >= 15 is 0 Å². The van der Waals surface area contributed by atoms with Gasteiger partial charge in [-0.2, -0.15) is 4.37 Å². The second kappa shape index (κ2) is 7.21. The smallest absolute Gasteiger partial charge is 0.303 e. The summed E-state index contributed by atoms with van der Waals surface area (Å²) < 4.78 is 4.08. The lowest BCUT2D eigenvalue weighted by Gasteiger charge is -2.13. The highest BCUT2D eigenvalue weighted by Gasteiger charge is 2.09. The molecule has 2 N–H and O–H groups in total. The van der Waals surface area contributed by atoms with Gasteiger partial charge in [0.25, 0.3) is 0 Å². The molecule has 0 aliphatic rings. The molecule has 5 nitrogen and oxygen atoms in total. The van der Waals surface area contributed by atoms with E-state index in [2.05, 4.69) is 21.6 Å². The van der Waals surface area contributed by atoms with E-state index < -0.39 is 5.97 Å². The molecule has 0 aliphatic heterocycles. The van der Waals surface area contributed by atoms with Gasteiger partial charge in [0.2, 0.25) is 5.13 Å². The minimum atomic E-state index is -0.712. The lowest BCUT2D eigenvalue weighted by atomic mass is 9.97. The molecule has 0 saturated heterocycles. The van der Waals surface area contributed by atoms with Crippen LogP contribution in [0.5, 0.6) is 0 Å². The fourth-order valence-corrected chi connectivity index (χ4v) is 2.23. The predicted molar refractivity (Wildman–Crippen MR) is 68.4 cm³/mol. The van der Waals surface area contributed by atoms with Crippen molar-refractivity contribution in [3.05, 3.63) is 5.82 Å². The van der Waals surface area contributed by atoms with Gasteiger partial charge < -0.3 is 10.4 Å². The number of aliphatic carboxylic acids is 1. The van der Waals surface area contributed by atoms with Crippen LogP contribution in [0.4, 0.5) is 5.13 Å². The number of aromatic nitrogens is 2. The summed E-state index contributed by atoms with van der Waals surface area (Å²) in [5.41, 5.74) is 0. The van der Waals surface area contributed by atoms with Crippen molar-refractivity contribution in [2.75, 3.05) is 11.9 Å². The Balaban J connectivity index is 2.21. The van der Waals surface area contributed by atoms with E-state index in [-0.39, 0.29) is 6.42 Å². The maximum atomic E-state index is 10.5. The van der Waals surface area contributed by atoms with Gasteiger partial charge in [-0.25, -0.2) is 4.98 Å². The highest BCUT2D eigenvalue weighted by molar-refractivity contribution is 7.09. The molecular weight excluding hydrogens is 238 g/mol. The van der Waals surface area contributed by atoms with Gasteiger partial charge in [0.15, 0.2) is 0 Å². The number of hydrogen-bond donors (Lipinski definition) is 2. The molecule has 0 aliphatic carbocycles. The summed E-state index contributed by atoms with van der Waals surface area (Å²) in [6.07, 6.45) is 3.01. The van der Waals surface area contributed by atoms with Crippen molar-refractivity contribution in [3.8, 4) is 0 Å². The average molecular weight is 257 g/mol. The summed E-state index contributed by atoms with van der Waals surface area (Å²) in [4.78, 5) is 14.7. The molecule has 1 atom stereocenters. The van der Waals surface area contributed by atoms with Gasteiger partial charge >= 0.3 is 5.97 Å². The lowest BCUT2D eigenvalue weighted by Crippen LogP contribution is -2.10. The molecule has 0 aromatic carbocycles. The van der Waals surface area contributed by atoms with E-state index in [0.717, 1.165) is 36.8 Å². The number of anilines is 1. The van der Waals surface area contributed by atoms with Crippen molar-refractivity contribution in [1.29, 1.82) is 0 Å². The fraction of sp³-hybridized carbons (Fsp3) is 0.727. The van der Waals surface area contributed by atoms with Gasteiger partial charge in [-0.3, -0.25) is 4.79 Å². The maximum absolute atomic E-state index is 10.5. The first-order valence-electron chi connectivity index (χ1n) is 5.87. The zero-order valence-corrected chi connectivity index (χ0v) is 11.1. The Kier molecular flexibility index (Phi) is 5.90. The summed E-state index contributed by atoms with van der Waals surface area (Å²) in [6, 6.07) is 0. The molecule has 1 aromatic rings. The molecule has 0 bridgehead atoms. The van der Waals surface area contributed by atoms with Gasteiger partial charge in [-0.15, -0.1) is 0 Å². The first kappa shape index (κ1) is 13.9. The predicted octanol–water partition coefficient (Wildman–Crippen LogP) is 2.54. The minimum absolute atomic E-state index is 0.260. The number of carboxylic acids is 1. The quantitative estimate of drug-likeness (QED) is 0.748. The molecule has 0 fully saturated rings. The third kappa shape index (κ3) is 5.63. The number of aryl methyl sites for hydroxylation is 1. The lowest BCUT2D eigenvalue weighted by molar-refractivity contribution is -0.137. The highest BCUT2D eigenvalue weighted by Crippen LogP contribution is 2.16. The zero-order chi connectivity index (χ0) is 12.7. The van der Waals surface area contributed by atoms with Crippen molar-refractivity contribution >= 4 is 22.6 Å². The molecule has 0 radical (unpaired) electrons. The molecule has 17 heavy (non-hydrogen) atoms. The van der Waals surface area contributed by atoms with Crippen LogP contribution in [0.1, 0.15) is 38.4 Å². The summed E-state index contributed by atoms with van der Waals surface area (Å²) in [6.45, 7) is 4.79. The first-order chi connectivity index (χ1) is 8.11. The van der Waals surface area contributed by atoms with Crippen molar-refractivity contribution in [2.24, 2.45) is 5.92 Å². The number of carboxylic acid groups (broad SMARTS) is 1. The zero-order valence-electron chi connectivity index (χ0n) is 10.3. The van der Waals surface area contributed by atoms with E-state index in [4.69, 9.17) is 5.11 Å². The van der Waals surface area contributed by atoms with Crippen LogP contribution in [0.25, 0.3) is 0 Å². The van der Waals surface area contributed by atoms with Crippen LogP contribution in [-0.4, -0.2) is 27.0 Å². The average Bonchev–Trinajstić information content (AvgIpc) is 2.69. The largest absolute Gasteiger partial charge is 0.481 e. The van der Waals surface area contributed by atoms with Gasteiger partial charge in [-0.1, -0.05) is 13.3 Å². The van der Waals surface area contributed by atoms with Crippen LogP contribution in [-0.2, 0) is 4.79 Å². The van der Waals surface area contributed by atoms with Gasteiger partial charge in [-0.05, 0) is 25.7 Å². The van der Waals surface area contributed by atoms with E-state index in [1.807, 2.05) is 6.92 Å². The molecule has 0 amide bonds. The van der Waals surface area contributed by atoms with Crippen molar-refractivity contribution in [2.45, 2.75) is 39.5 Å². The Morgan fingerprint density at radius 3 is 2.82 bits per heavy atom. The number of hydrogen-bond acceptors (Lipinski definition) is 5. The summed E-state index contributed by atoms with van der Waals surface area (Å²) in [5.74, 6) is 0.541. The Morgan fingerprint density at radius 1 is 1.53 bits per heavy atom. The Bertz CT molecular complexity index is 354. The topological polar surface area (TPSA) is 75.1 Å². The van der Waals surface area contributed by atoms with E-state index in [1.165, 1.54) is 11.5 Å². The van der Waals surface area contributed by atoms with E-state index in [1.54, 1.807) is 0 Å². The molecule has 1 aromatic heterocycles. The second-order valence-electron chi connectivity index (χ2n) is 4.07. The monoisotopic (exact) mass is 257 g/mol. The number of nitrogens with zero attached hydrogens (tertiary/aromatic N) is 2. The van der Waals surface area contributed by atoms with Gasteiger partial charge in [0, 0.05) is 24.5 Å². The van der Waals surface area contributed by atoms with Crippen molar-refractivity contribution in [3.63, 3.8) is 0 Å². The molecule has 1 rings (SSSR count). The molecule has 96 valence electrons. The van der Waals surface area contributed by atoms with E-state index in [9.17, 15) is 4.79 Å². The van der Waals surface area contributed by atoms with Crippen LogP contribution in [0.15, 0.2) is 0 Å². The van der Waals surface area contributed by atoms with Crippen LogP contribution in [0.2, 0.25) is 0 Å². The molecule has 1 unspecified atom stereocenters. The summed E-state index contributed by atoms with van der Waals surface area (Å²) >= 11 is 1.36. The summed E-state index contributed by atoms with van der Waals surface area (Å²) in [7, 11) is 0. The third-order valence-electron chi connectivity index (χ3n) is 2.70. The number of nitrogens with one attached hydrogen (secondary N) is 1. The Hall–Kier alpha value is -1.17. The second-order valence-corrected chi connectivity index (χ2v) is 4.82. The first-order valence-corrected chi connectivity index (χ1v) is 6.65. The number of carbonyl (C=O) groups is 1. The van der Waals surface area contributed by atoms with Gasteiger partial charge in [0.05, 0.1) is 0 Å². The normalized spacial score (nSPS) is 12.4. The highest BCUT2D eigenvalue weighted by atomic mass is 32.1. The van der Waals surface area contributed by atoms with Crippen LogP contribution in [0.3, 0.4) is 0 Å². The molecule has 6 heteroatoms. The number of rotatable bonds is 8. The summed E-state index contributed by atoms with van der Waals surface area (Å²) in [5, 5.41) is 12.7. The van der Waals surface area contributed by atoms with Crippen LogP contribution in [0, 0.1) is 12.8 Å². The molecule has 1 heterocycles. The molecule has 0 saturated carbocycles. The Morgan fingerprint density at radius 2 is 2.29 bits per heavy atom. The third-order valence-corrected chi connectivity index (χ3v) is 3.46. The Labute approximate surface area is 105 Å². The van der Waals surface area contributed by atoms with Crippen LogP contribution < -0.4 is 5.32 Å². The molecule has 0 spiro atoms.